The third kappa shape index (κ3) is 3.41. The van der Waals surface area contributed by atoms with Gasteiger partial charge in [0.05, 0.1) is 0 Å². The Morgan fingerprint density at radius 2 is 1.81 bits per heavy atom. The van der Waals surface area contributed by atoms with Gasteiger partial charge < -0.3 is 5.32 Å². The molecule has 1 aromatic carbocycles. The molecular weight excluding hydrogens is 243 g/mol. The fourth-order valence-electron chi connectivity index (χ4n) is 0.985. The normalized spacial score (nSPS) is 13.3. The molecule has 1 atom stereocenters. The lowest BCUT2D eigenvalue weighted by Gasteiger charge is -2.15. The minimum atomic E-state index is -4.65. The van der Waals surface area contributed by atoms with Gasteiger partial charge in [0.25, 0.3) is 5.91 Å². The number of hydrogen-bond acceptors (Lipinski definition) is 1. The van der Waals surface area contributed by atoms with Crippen LogP contribution in [-0.2, 0) is 0 Å². The standard InChI is InChI=1S/C10H9ClF3NO/c1-6-2-4-7(5-3-6)8(16)15-9(11)10(12,13)14/h2-5,9H,1H3,(H,15,16). The van der Waals surface area contributed by atoms with Crippen LogP contribution in [0.3, 0.4) is 0 Å². The van der Waals surface area contributed by atoms with Crippen LogP contribution in [0, 0.1) is 6.92 Å². The van der Waals surface area contributed by atoms with E-state index in [0.29, 0.717) is 0 Å². The quantitative estimate of drug-likeness (QED) is 0.636. The Labute approximate surface area is 95.4 Å². The van der Waals surface area contributed by atoms with Gasteiger partial charge in [0, 0.05) is 5.56 Å². The molecule has 0 aromatic heterocycles. The Hall–Kier alpha value is -1.23. The van der Waals surface area contributed by atoms with Gasteiger partial charge in [-0.15, -0.1) is 0 Å². The van der Waals surface area contributed by atoms with Gasteiger partial charge in [-0.3, -0.25) is 4.79 Å². The minimum Gasteiger partial charge on any atom is -0.328 e. The number of aryl methyl sites for hydroxylation is 1. The van der Waals surface area contributed by atoms with Crippen LogP contribution >= 0.6 is 11.6 Å². The third-order valence-corrected chi connectivity index (χ3v) is 2.22. The molecule has 0 aliphatic heterocycles. The van der Waals surface area contributed by atoms with Crippen LogP contribution in [0.15, 0.2) is 24.3 Å². The Bertz CT molecular complexity index is 375. The number of nitrogens with one attached hydrogen (secondary N) is 1. The molecular formula is C10H9ClF3NO. The maximum absolute atomic E-state index is 12.0. The van der Waals surface area contributed by atoms with E-state index in [2.05, 4.69) is 0 Å². The zero-order chi connectivity index (χ0) is 12.3. The van der Waals surface area contributed by atoms with Gasteiger partial charge in [0.2, 0.25) is 5.50 Å². The first-order valence-electron chi connectivity index (χ1n) is 4.39. The number of rotatable bonds is 2. The molecule has 0 spiro atoms. The van der Waals surface area contributed by atoms with Gasteiger partial charge in [0.15, 0.2) is 0 Å². The summed E-state index contributed by atoms with van der Waals surface area (Å²) in [7, 11) is 0. The van der Waals surface area contributed by atoms with Crippen LogP contribution in [0.5, 0.6) is 0 Å². The van der Waals surface area contributed by atoms with Crippen molar-refractivity contribution < 1.29 is 18.0 Å². The summed E-state index contributed by atoms with van der Waals surface area (Å²) in [6.45, 7) is 1.81. The van der Waals surface area contributed by atoms with Crippen LogP contribution in [0.2, 0.25) is 0 Å². The largest absolute Gasteiger partial charge is 0.422 e. The van der Waals surface area contributed by atoms with Crippen LogP contribution in [0.4, 0.5) is 13.2 Å². The van der Waals surface area contributed by atoms with Crippen LogP contribution < -0.4 is 5.32 Å². The smallest absolute Gasteiger partial charge is 0.328 e. The average Bonchev–Trinajstić information content (AvgIpc) is 2.17. The average molecular weight is 252 g/mol. The lowest BCUT2D eigenvalue weighted by atomic mass is 10.1. The molecule has 1 aromatic rings. The van der Waals surface area contributed by atoms with Crippen molar-refractivity contribution in [1.29, 1.82) is 0 Å². The molecule has 0 heterocycles. The maximum Gasteiger partial charge on any atom is 0.422 e. The first-order chi connectivity index (χ1) is 7.30. The fraction of sp³-hybridized carbons (Fsp3) is 0.300. The molecule has 0 radical (unpaired) electrons. The second-order valence-corrected chi connectivity index (χ2v) is 3.68. The molecule has 0 saturated heterocycles. The summed E-state index contributed by atoms with van der Waals surface area (Å²) >= 11 is 4.98. The molecule has 1 rings (SSSR count). The number of amides is 1. The van der Waals surface area contributed by atoms with E-state index in [1.807, 2.05) is 6.92 Å². The Kier molecular flexibility index (Phi) is 3.80. The third-order valence-electron chi connectivity index (χ3n) is 1.86. The summed E-state index contributed by atoms with van der Waals surface area (Å²) < 4.78 is 36.1. The highest BCUT2D eigenvalue weighted by molar-refractivity contribution is 6.22. The summed E-state index contributed by atoms with van der Waals surface area (Å²) in [4.78, 5) is 11.3. The molecule has 0 saturated carbocycles. The number of halogens is 4. The highest BCUT2D eigenvalue weighted by Crippen LogP contribution is 2.23. The molecule has 6 heteroatoms. The summed E-state index contributed by atoms with van der Waals surface area (Å²) in [6.07, 6.45) is -4.65. The molecule has 88 valence electrons. The van der Waals surface area contributed by atoms with E-state index in [1.54, 1.807) is 17.4 Å². The molecule has 2 nitrogen and oxygen atoms in total. The summed E-state index contributed by atoms with van der Waals surface area (Å²) in [5.41, 5.74) is -1.32. The maximum atomic E-state index is 12.0. The van der Waals surface area contributed by atoms with Crippen molar-refractivity contribution in [3.63, 3.8) is 0 Å². The molecule has 1 unspecified atom stereocenters. The molecule has 0 aliphatic rings. The first kappa shape index (κ1) is 12.8. The number of carbonyl (C=O) groups excluding carboxylic acids is 1. The van der Waals surface area contributed by atoms with E-state index >= 15 is 0 Å². The van der Waals surface area contributed by atoms with Gasteiger partial charge in [-0.2, -0.15) is 13.2 Å². The monoisotopic (exact) mass is 251 g/mol. The van der Waals surface area contributed by atoms with Crippen LogP contribution in [-0.4, -0.2) is 17.6 Å². The number of benzene rings is 1. The second-order valence-electron chi connectivity index (χ2n) is 3.24. The van der Waals surface area contributed by atoms with Gasteiger partial charge in [-0.05, 0) is 19.1 Å². The number of alkyl halides is 4. The fourth-order valence-corrected chi connectivity index (χ4v) is 1.08. The lowest BCUT2D eigenvalue weighted by Crippen LogP contribution is -2.41. The summed E-state index contributed by atoms with van der Waals surface area (Å²) in [6, 6.07) is 6.13. The van der Waals surface area contributed by atoms with Crippen molar-refractivity contribution in [3.8, 4) is 0 Å². The number of hydrogen-bond donors (Lipinski definition) is 1. The SMILES string of the molecule is Cc1ccc(C(=O)NC(Cl)C(F)(F)F)cc1. The van der Waals surface area contributed by atoms with Crippen LogP contribution in [0.1, 0.15) is 15.9 Å². The van der Waals surface area contributed by atoms with E-state index < -0.39 is 17.6 Å². The Morgan fingerprint density at radius 1 is 1.31 bits per heavy atom. The summed E-state index contributed by atoms with van der Waals surface area (Å²) in [5, 5.41) is 1.66. The predicted molar refractivity (Wildman–Crippen MR) is 54.3 cm³/mol. The van der Waals surface area contributed by atoms with Gasteiger partial charge >= 0.3 is 6.18 Å². The lowest BCUT2D eigenvalue weighted by molar-refractivity contribution is -0.134. The van der Waals surface area contributed by atoms with E-state index in [1.165, 1.54) is 12.1 Å². The molecule has 0 fully saturated rings. The van der Waals surface area contributed by atoms with Crippen molar-refractivity contribution in [2.45, 2.75) is 18.6 Å². The van der Waals surface area contributed by atoms with Crippen molar-refractivity contribution >= 4 is 17.5 Å². The van der Waals surface area contributed by atoms with Crippen molar-refractivity contribution in [3.05, 3.63) is 35.4 Å². The Morgan fingerprint density at radius 3 is 2.25 bits per heavy atom. The highest BCUT2D eigenvalue weighted by atomic mass is 35.5. The van der Waals surface area contributed by atoms with Crippen molar-refractivity contribution in [2.24, 2.45) is 0 Å². The number of carbonyl (C=O) groups is 1. The Balaban J connectivity index is 2.70. The molecule has 1 N–H and O–H groups in total. The topological polar surface area (TPSA) is 29.1 Å². The van der Waals surface area contributed by atoms with Gasteiger partial charge in [0.1, 0.15) is 0 Å². The van der Waals surface area contributed by atoms with Crippen LogP contribution in [0.25, 0.3) is 0 Å². The first-order valence-corrected chi connectivity index (χ1v) is 4.82. The zero-order valence-electron chi connectivity index (χ0n) is 8.31. The summed E-state index contributed by atoms with van der Waals surface area (Å²) in [5.74, 6) is -0.850. The van der Waals surface area contributed by atoms with Crippen molar-refractivity contribution in [1.82, 2.24) is 5.32 Å². The molecule has 0 aliphatic carbocycles. The van der Waals surface area contributed by atoms with Crippen molar-refractivity contribution in [2.75, 3.05) is 0 Å². The minimum absolute atomic E-state index is 0.139. The molecule has 1 amide bonds. The zero-order valence-corrected chi connectivity index (χ0v) is 9.06. The van der Waals surface area contributed by atoms with Gasteiger partial charge in [-0.1, -0.05) is 29.3 Å². The van der Waals surface area contributed by atoms with E-state index in [9.17, 15) is 18.0 Å². The highest BCUT2D eigenvalue weighted by Gasteiger charge is 2.39. The predicted octanol–water partition coefficient (Wildman–Crippen LogP) is 2.85. The van der Waals surface area contributed by atoms with E-state index in [0.717, 1.165) is 5.56 Å². The van der Waals surface area contributed by atoms with E-state index in [4.69, 9.17) is 11.6 Å². The molecule has 0 bridgehead atoms. The van der Waals surface area contributed by atoms with E-state index in [-0.39, 0.29) is 5.56 Å². The van der Waals surface area contributed by atoms with Gasteiger partial charge in [-0.25, -0.2) is 0 Å². The second kappa shape index (κ2) is 4.74. The molecule has 16 heavy (non-hydrogen) atoms.